The Morgan fingerprint density at radius 2 is 1.92 bits per heavy atom. The van der Waals surface area contributed by atoms with Crippen LogP contribution in [0.15, 0.2) is 30.5 Å². The third-order valence-corrected chi connectivity index (χ3v) is 3.94. The molecule has 1 aromatic heterocycles. The highest BCUT2D eigenvalue weighted by Crippen LogP contribution is 2.19. The molecule has 124 valence electrons. The average Bonchev–Trinajstić information content (AvgIpc) is 3.09. The van der Waals surface area contributed by atoms with Crippen LogP contribution in [0.5, 0.6) is 0 Å². The van der Waals surface area contributed by atoms with Gasteiger partial charge in [-0.25, -0.2) is 9.97 Å². The minimum atomic E-state index is -0.485. The Morgan fingerprint density at radius 1 is 1.25 bits per heavy atom. The van der Waals surface area contributed by atoms with Crippen molar-refractivity contribution in [1.82, 2.24) is 9.97 Å². The van der Waals surface area contributed by atoms with E-state index >= 15 is 0 Å². The van der Waals surface area contributed by atoms with Gasteiger partial charge in [-0.15, -0.1) is 0 Å². The largest absolute Gasteiger partial charge is 0.341 e. The summed E-state index contributed by atoms with van der Waals surface area (Å²) in [6.07, 6.45) is 3.78. The van der Waals surface area contributed by atoms with Crippen molar-refractivity contribution >= 4 is 23.2 Å². The summed E-state index contributed by atoms with van der Waals surface area (Å²) in [5.41, 5.74) is 1.44. The van der Waals surface area contributed by atoms with Crippen molar-refractivity contribution in [1.29, 1.82) is 0 Å². The third-order valence-electron chi connectivity index (χ3n) is 3.94. The summed E-state index contributed by atoms with van der Waals surface area (Å²) in [5.74, 6) is 0.311. The first-order chi connectivity index (χ1) is 11.5. The number of nitro benzene ring substituents is 1. The van der Waals surface area contributed by atoms with Crippen molar-refractivity contribution in [3.63, 3.8) is 0 Å². The zero-order chi connectivity index (χ0) is 17.1. The molecule has 0 atom stereocenters. The molecule has 0 saturated carbocycles. The molecule has 0 radical (unpaired) electrons. The fourth-order valence-corrected chi connectivity index (χ4v) is 2.61. The molecule has 0 spiro atoms. The Morgan fingerprint density at radius 3 is 2.50 bits per heavy atom. The molecular formula is C16H17N5O3. The smallest absolute Gasteiger partial charge is 0.269 e. The summed E-state index contributed by atoms with van der Waals surface area (Å²) in [7, 11) is 0. The number of rotatable bonds is 4. The zero-order valence-corrected chi connectivity index (χ0v) is 13.2. The summed E-state index contributed by atoms with van der Waals surface area (Å²) in [6.45, 7) is 3.65. The third kappa shape index (κ3) is 3.32. The van der Waals surface area contributed by atoms with Gasteiger partial charge in [0.15, 0.2) is 0 Å². The highest BCUT2D eigenvalue weighted by Gasteiger charge is 2.18. The number of anilines is 2. The molecule has 3 rings (SSSR count). The van der Waals surface area contributed by atoms with Gasteiger partial charge in [-0.05, 0) is 31.9 Å². The number of nitro groups is 1. The summed E-state index contributed by atoms with van der Waals surface area (Å²) >= 11 is 0. The summed E-state index contributed by atoms with van der Waals surface area (Å²) < 4.78 is 0. The van der Waals surface area contributed by atoms with E-state index in [1.807, 2.05) is 0 Å². The molecule has 1 saturated heterocycles. The molecular weight excluding hydrogens is 310 g/mol. The van der Waals surface area contributed by atoms with Crippen molar-refractivity contribution in [3.8, 4) is 0 Å². The fraction of sp³-hybridized carbons (Fsp3) is 0.312. The van der Waals surface area contributed by atoms with E-state index in [9.17, 15) is 14.9 Å². The number of aryl methyl sites for hydroxylation is 1. The van der Waals surface area contributed by atoms with E-state index in [-0.39, 0.29) is 11.6 Å². The molecule has 0 aliphatic carbocycles. The number of nitrogens with one attached hydrogen (secondary N) is 1. The Labute approximate surface area is 138 Å². The van der Waals surface area contributed by atoms with Crippen LogP contribution in [-0.4, -0.2) is 33.9 Å². The van der Waals surface area contributed by atoms with Crippen molar-refractivity contribution in [2.75, 3.05) is 23.3 Å². The molecule has 8 nitrogen and oxygen atoms in total. The molecule has 1 amide bonds. The number of benzene rings is 1. The number of nitrogens with zero attached hydrogens (tertiary/aromatic N) is 4. The Kier molecular flexibility index (Phi) is 4.37. The molecule has 24 heavy (non-hydrogen) atoms. The maximum atomic E-state index is 12.3. The van der Waals surface area contributed by atoms with Gasteiger partial charge >= 0.3 is 0 Å². The number of hydrogen-bond donors (Lipinski definition) is 1. The van der Waals surface area contributed by atoms with Crippen LogP contribution in [0.1, 0.15) is 28.9 Å². The lowest BCUT2D eigenvalue weighted by Crippen LogP contribution is -2.22. The molecule has 1 aliphatic rings. The normalized spacial score (nSPS) is 13.8. The van der Waals surface area contributed by atoms with Crippen molar-refractivity contribution in [3.05, 3.63) is 51.8 Å². The van der Waals surface area contributed by atoms with Gasteiger partial charge in [0.2, 0.25) is 5.95 Å². The predicted molar refractivity (Wildman–Crippen MR) is 89.3 cm³/mol. The second-order valence-corrected chi connectivity index (χ2v) is 5.62. The van der Waals surface area contributed by atoms with Crippen molar-refractivity contribution in [2.24, 2.45) is 0 Å². The zero-order valence-electron chi connectivity index (χ0n) is 13.2. The number of hydrogen-bond acceptors (Lipinski definition) is 6. The summed E-state index contributed by atoms with van der Waals surface area (Å²) in [6, 6.07) is 5.67. The average molecular weight is 327 g/mol. The quantitative estimate of drug-likeness (QED) is 0.684. The summed E-state index contributed by atoms with van der Waals surface area (Å²) in [5, 5.41) is 13.3. The van der Waals surface area contributed by atoms with Crippen LogP contribution in [-0.2, 0) is 0 Å². The van der Waals surface area contributed by atoms with Crippen LogP contribution in [0.25, 0.3) is 0 Å². The Balaban J connectivity index is 1.73. The number of carbonyl (C=O) groups is 1. The minimum Gasteiger partial charge on any atom is -0.341 e. The van der Waals surface area contributed by atoms with Gasteiger partial charge in [-0.3, -0.25) is 14.9 Å². The van der Waals surface area contributed by atoms with Gasteiger partial charge in [0, 0.05) is 37.1 Å². The van der Waals surface area contributed by atoms with Crippen LogP contribution in [0, 0.1) is 17.0 Å². The van der Waals surface area contributed by atoms with Gasteiger partial charge in [0.25, 0.3) is 11.6 Å². The molecule has 1 aliphatic heterocycles. The number of non-ortho nitro benzene ring substituents is 1. The lowest BCUT2D eigenvalue weighted by Gasteiger charge is -2.16. The standard InChI is InChI=1S/C16H17N5O3/c1-11-14(10-17-16(18-11)20-8-2-3-9-20)15(22)19-12-4-6-13(7-5-12)21(23)24/h4-7,10H,2-3,8-9H2,1H3,(H,19,22). The van der Waals surface area contributed by atoms with E-state index in [1.165, 1.54) is 30.5 Å². The van der Waals surface area contributed by atoms with Gasteiger partial charge in [-0.2, -0.15) is 0 Å². The highest BCUT2D eigenvalue weighted by molar-refractivity contribution is 6.04. The monoisotopic (exact) mass is 327 g/mol. The van der Waals surface area contributed by atoms with Gasteiger partial charge in [-0.1, -0.05) is 0 Å². The molecule has 1 fully saturated rings. The first-order valence-electron chi connectivity index (χ1n) is 7.69. The molecule has 2 heterocycles. The Bertz CT molecular complexity index is 770. The summed E-state index contributed by atoms with van der Waals surface area (Å²) in [4.78, 5) is 33.3. The maximum absolute atomic E-state index is 12.3. The first-order valence-corrected chi connectivity index (χ1v) is 7.69. The predicted octanol–water partition coefficient (Wildman–Crippen LogP) is 2.55. The molecule has 1 aromatic carbocycles. The van der Waals surface area contributed by atoms with Crippen molar-refractivity contribution < 1.29 is 9.72 Å². The van der Waals surface area contributed by atoms with Crippen LogP contribution < -0.4 is 10.2 Å². The minimum absolute atomic E-state index is 0.0255. The van der Waals surface area contributed by atoms with Gasteiger partial charge < -0.3 is 10.2 Å². The SMILES string of the molecule is Cc1nc(N2CCCC2)ncc1C(=O)Nc1ccc([N+](=O)[O-])cc1. The van der Waals surface area contributed by atoms with Crippen molar-refractivity contribution in [2.45, 2.75) is 19.8 Å². The van der Waals surface area contributed by atoms with Crippen LogP contribution in [0.2, 0.25) is 0 Å². The van der Waals surface area contributed by atoms with Crippen LogP contribution in [0.4, 0.5) is 17.3 Å². The highest BCUT2D eigenvalue weighted by atomic mass is 16.6. The lowest BCUT2D eigenvalue weighted by molar-refractivity contribution is -0.384. The van der Waals surface area contributed by atoms with E-state index < -0.39 is 4.92 Å². The van der Waals surface area contributed by atoms with E-state index in [2.05, 4.69) is 20.2 Å². The van der Waals surface area contributed by atoms with E-state index in [0.29, 0.717) is 22.9 Å². The topological polar surface area (TPSA) is 101 Å². The molecule has 0 unspecified atom stereocenters. The maximum Gasteiger partial charge on any atom is 0.269 e. The van der Waals surface area contributed by atoms with Crippen LogP contribution >= 0.6 is 0 Å². The first kappa shape index (κ1) is 15.9. The fourth-order valence-electron chi connectivity index (χ4n) is 2.61. The number of carbonyl (C=O) groups excluding carboxylic acids is 1. The van der Waals surface area contributed by atoms with Crippen LogP contribution in [0.3, 0.4) is 0 Å². The van der Waals surface area contributed by atoms with Gasteiger partial charge in [0.1, 0.15) is 0 Å². The number of aromatic nitrogens is 2. The molecule has 0 bridgehead atoms. The second kappa shape index (κ2) is 6.61. The van der Waals surface area contributed by atoms with E-state index in [0.717, 1.165) is 25.9 Å². The lowest BCUT2D eigenvalue weighted by atomic mass is 10.2. The Hall–Kier alpha value is -3.03. The van der Waals surface area contributed by atoms with Gasteiger partial charge in [0.05, 0.1) is 16.2 Å². The number of amides is 1. The second-order valence-electron chi connectivity index (χ2n) is 5.62. The van der Waals surface area contributed by atoms with E-state index in [1.54, 1.807) is 6.92 Å². The molecule has 8 heteroatoms. The molecule has 2 aromatic rings. The van der Waals surface area contributed by atoms with E-state index in [4.69, 9.17) is 0 Å². The molecule has 1 N–H and O–H groups in total.